The minimum Gasteiger partial charge on any atom is -0.469 e. The summed E-state index contributed by atoms with van der Waals surface area (Å²) in [7, 11) is 1.40. The fraction of sp³-hybridized carbons (Fsp3) is 0.391. The van der Waals surface area contributed by atoms with Crippen molar-refractivity contribution in [2.24, 2.45) is 5.92 Å². The van der Waals surface area contributed by atoms with Crippen LogP contribution < -0.4 is 10.6 Å². The lowest BCUT2D eigenvalue weighted by Crippen LogP contribution is -2.17. The molecule has 0 aliphatic rings. The molecule has 2 N–H and O–H groups in total. The number of nitrogens with one attached hydrogen (secondary N) is 2. The molecule has 0 aromatic heterocycles. The monoisotopic (exact) mass is 382 g/mol. The zero-order valence-electron chi connectivity index (χ0n) is 16.9. The van der Waals surface area contributed by atoms with Crippen LogP contribution in [0.2, 0.25) is 0 Å². The summed E-state index contributed by atoms with van der Waals surface area (Å²) >= 11 is 0. The summed E-state index contributed by atoms with van der Waals surface area (Å²) in [5, 5.41) is 6.39. The van der Waals surface area contributed by atoms with E-state index in [1.54, 1.807) is 0 Å². The van der Waals surface area contributed by atoms with E-state index in [4.69, 9.17) is 4.74 Å². The number of hydrogen-bond donors (Lipinski definition) is 2. The number of rotatable bonds is 10. The van der Waals surface area contributed by atoms with Gasteiger partial charge in [0.25, 0.3) is 0 Å². The zero-order chi connectivity index (χ0) is 20.4. The Morgan fingerprint density at radius 2 is 1.75 bits per heavy atom. The van der Waals surface area contributed by atoms with E-state index in [2.05, 4.69) is 29.7 Å². The van der Waals surface area contributed by atoms with Crippen LogP contribution in [0.15, 0.2) is 54.6 Å². The molecule has 5 heteroatoms. The molecule has 2 aromatic rings. The van der Waals surface area contributed by atoms with Crippen molar-refractivity contribution in [1.29, 1.82) is 0 Å². The third-order valence-electron chi connectivity index (χ3n) is 4.81. The second-order valence-electron chi connectivity index (χ2n) is 6.93. The molecule has 0 spiro atoms. The topological polar surface area (TPSA) is 67.4 Å². The summed E-state index contributed by atoms with van der Waals surface area (Å²) in [5.41, 5.74) is 2.91. The first-order chi connectivity index (χ1) is 13.5. The van der Waals surface area contributed by atoms with Gasteiger partial charge in [-0.2, -0.15) is 0 Å². The van der Waals surface area contributed by atoms with Crippen LogP contribution in [0, 0.1) is 5.92 Å². The number of benzene rings is 2. The molecule has 150 valence electrons. The molecule has 5 nitrogen and oxygen atoms in total. The Hall–Kier alpha value is -2.82. The van der Waals surface area contributed by atoms with E-state index >= 15 is 0 Å². The second kappa shape index (κ2) is 11.1. The number of hydrogen-bond acceptors (Lipinski definition) is 4. The standard InChI is InChI=1S/C23H30N2O3/c1-4-18(23(27)28-3)12-8-15-22(26)25-21-14-9-13-20(16-21)24-17(2)19-10-6-5-7-11-19/h5-7,9-11,13-14,16-18,24H,4,8,12,15H2,1-3H3,(H,25,26). The highest BCUT2D eigenvalue weighted by Crippen LogP contribution is 2.22. The number of carbonyl (C=O) groups is 2. The summed E-state index contributed by atoms with van der Waals surface area (Å²) in [6.07, 6.45) is 2.42. The number of amides is 1. The summed E-state index contributed by atoms with van der Waals surface area (Å²) in [4.78, 5) is 23.8. The van der Waals surface area contributed by atoms with Gasteiger partial charge < -0.3 is 15.4 Å². The van der Waals surface area contributed by atoms with Crippen molar-refractivity contribution in [2.45, 2.75) is 45.6 Å². The SMILES string of the molecule is CCC(CCCC(=O)Nc1cccc(NC(C)c2ccccc2)c1)C(=O)OC. The van der Waals surface area contributed by atoms with Gasteiger partial charge in [-0.1, -0.05) is 43.3 Å². The van der Waals surface area contributed by atoms with E-state index < -0.39 is 0 Å². The molecular formula is C23H30N2O3. The minimum absolute atomic E-state index is 0.0482. The quantitative estimate of drug-likeness (QED) is 0.557. The first kappa shape index (κ1) is 21.5. The van der Waals surface area contributed by atoms with Crippen LogP contribution in [0.25, 0.3) is 0 Å². The Labute approximate surface area is 167 Å². The van der Waals surface area contributed by atoms with Gasteiger partial charge in [0, 0.05) is 23.8 Å². The summed E-state index contributed by atoms with van der Waals surface area (Å²) in [5.74, 6) is -0.382. The molecule has 2 aromatic carbocycles. The highest BCUT2D eigenvalue weighted by molar-refractivity contribution is 5.91. The van der Waals surface area contributed by atoms with Crippen LogP contribution in [-0.2, 0) is 14.3 Å². The summed E-state index contributed by atoms with van der Waals surface area (Å²) < 4.78 is 4.79. The maximum absolute atomic E-state index is 12.2. The van der Waals surface area contributed by atoms with Gasteiger partial charge >= 0.3 is 5.97 Å². The van der Waals surface area contributed by atoms with Crippen LogP contribution in [0.5, 0.6) is 0 Å². The van der Waals surface area contributed by atoms with Crippen molar-refractivity contribution >= 4 is 23.3 Å². The number of methoxy groups -OCH3 is 1. The van der Waals surface area contributed by atoms with Crippen molar-refractivity contribution in [3.05, 3.63) is 60.2 Å². The first-order valence-electron chi connectivity index (χ1n) is 9.82. The number of carbonyl (C=O) groups excluding carboxylic acids is 2. The molecule has 0 saturated heterocycles. The Kier molecular flexibility index (Phi) is 8.53. The molecule has 0 saturated carbocycles. The third-order valence-corrected chi connectivity index (χ3v) is 4.81. The van der Waals surface area contributed by atoms with E-state index in [9.17, 15) is 9.59 Å². The third kappa shape index (κ3) is 6.72. The Morgan fingerprint density at radius 3 is 2.43 bits per heavy atom. The smallest absolute Gasteiger partial charge is 0.308 e. The molecule has 0 radical (unpaired) electrons. The molecule has 2 unspecified atom stereocenters. The molecule has 1 amide bonds. The highest BCUT2D eigenvalue weighted by atomic mass is 16.5. The van der Waals surface area contributed by atoms with Crippen LogP contribution in [0.4, 0.5) is 11.4 Å². The molecule has 2 atom stereocenters. The predicted octanol–water partition coefficient (Wildman–Crippen LogP) is 5.17. The lowest BCUT2D eigenvalue weighted by molar-refractivity contribution is -0.146. The van der Waals surface area contributed by atoms with Crippen LogP contribution in [-0.4, -0.2) is 19.0 Å². The van der Waals surface area contributed by atoms with Gasteiger partial charge in [0.1, 0.15) is 0 Å². The molecule has 28 heavy (non-hydrogen) atoms. The van der Waals surface area contributed by atoms with E-state index in [1.807, 2.05) is 49.4 Å². The van der Waals surface area contributed by atoms with Gasteiger partial charge in [0.2, 0.25) is 5.91 Å². The van der Waals surface area contributed by atoms with Crippen molar-refractivity contribution in [2.75, 3.05) is 17.7 Å². The van der Waals surface area contributed by atoms with Crippen molar-refractivity contribution in [3.63, 3.8) is 0 Å². The number of anilines is 2. The molecule has 0 fully saturated rings. The van der Waals surface area contributed by atoms with E-state index in [-0.39, 0.29) is 23.8 Å². The summed E-state index contributed by atoms with van der Waals surface area (Å²) in [6.45, 7) is 4.06. The van der Waals surface area contributed by atoms with Crippen LogP contribution in [0.3, 0.4) is 0 Å². The van der Waals surface area contributed by atoms with E-state index in [0.717, 1.165) is 17.8 Å². The predicted molar refractivity (Wildman–Crippen MR) is 113 cm³/mol. The van der Waals surface area contributed by atoms with Gasteiger partial charge in [-0.3, -0.25) is 9.59 Å². The minimum atomic E-state index is -0.200. The van der Waals surface area contributed by atoms with E-state index in [0.29, 0.717) is 19.3 Å². The number of ether oxygens (including phenoxy) is 1. The normalized spacial score (nSPS) is 12.7. The number of esters is 1. The van der Waals surface area contributed by atoms with Gasteiger partial charge in [-0.05, 0) is 49.9 Å². The maximum Gasteiger partial charge on any atom is 0.308 e. The zero-order valence-corrected chi connectivity index (χ0v) is 16.9. The lowest BCUT2D eigenvalue weighted by Gasteiger charge is -2.16. The van der Waals surface area contributed by atoms with Crippen molar-refractivity contribution < 1.29 is 14.3 Å². The maximum atomic E-state index is 12.2. The molecule has 0 aliphatic carbocycles. The second-order valence-corrected chi connectivity index (χ2v) is 6.93. The van der Waals surface area contributed by atoms with Gasteiger partial charge in [-0.15, -0.1) is 0 Å². The fourth-order valence-corrected chi connectivity index (χ4v) is 3.15. The van der Waals surface area contributed by atoms with Crippen LogP contribution >= 0.6 is 0 Å². The first-order valence-corrected chi connectivity index (χ1v) is 9.82. The van der Waals surface area contributed by atoms with Crippen molar-refractivity contribution in [3.8, 4) is 0 Å². The molecule has 0 bridgehead atoms. The van der Waals surface area contributed by atoms with Gasteiger partial charge in [0.15, 0.2) is 0 Å². The fourth-order valence-electron chi connectivity index (χ4n) is 3.15. The van der Waals surface area contributed by atoms with Gasteiger partial charge in [-0.25, -0.2) is 0 Å². The Balaban J connectivity index is 1.84. The highest BCUT2D eigenvalue weighted by Gasteiger charge is 2.17. The largest absolute Gasteiger partial charge is 0.469 e. The Bertz CT molecular complexity index is 761. The average molecular weight is 383 g/mol. The average Bonchev–Trinajstić information content (AvgIpc) is 2.71. The van der Waals surface area contributed by atoms with Crippen molar-refractivity contribution in [1.82, 2.24) is 0 Å². The summed E-state index contributed by atoms with van der Waals surface area (Å²) in [6, 6.07) is 18.1. The molecule has 0 heterocycles. The van der Waals surface area contributed by atoms with Gasteiger partial charge in [0.05, 0.1) is 13.0 Å². The van der Waals surface area contributed by atoms with Crippen LogP contribution in [0.1, 0.15) is 51.1 Å². The van der Waals surface area contributed by atoms with E-state index in [1.165, 1.54) is 12.7 Å². The molecule has 2 rings (SSSR count). The lowest BCUT2D eigenvalue weighted by atomic mass is 9.99. The molecule has 0 aliphatic heterocycles. The Morgan fingerprint density at radius 1 is 1.04 bits per heavy atom. The molecular weight excluding hydrogens is 352 g/mol.